The normalized spacial score (nSPS) is 13.0. The van der Waals surface area contributed by atoms with Gasteiger partial charge >= 0.3 is 0 Å². The second kappa shape index (κ2) is 9.99. The van der Waals surface area contributed by atoms with Gasteiger partial charge in [-0.3, -0.25) is 4.79 Å². The van der Waals surface area contributed by atoms with E-state index >= 15 is 0 Å². The van der Waals surface area contributed by atoms with E-state index in [4.69, 9.17) is 14.7 Å². The van der Waals surface area contributed by atoms with Crippen molar-refractivity contribution in [1.29, 1.82) is 0 Å². The average molecular weight is 504 g/mol. The number of benzene rings is 2. The Bertz CT molecular complexity index is 1390. The molecule has 7 heteroatoms. The minimum atomic E-state index is -0.0214. The summed E-state index contributed by atoms with van der Waals surface area (Å²) in [6, 6.07) is 12.0. The van der Waals surface area contributed by atoms with Crippen LogP contribution in [0.25, 0.3) is 21.6 Å². The molecule has 5 nitrogen and oxygen atoms in total. The second-order valence-corrected chi connectivity index (χ2v) is 11.1. The Hall–Kier alpha value is -2.90. The molecule has 5 rings (SSSR count). The van der Waals surface area contributed by atoms with Crippen molar-refractivity contribution in [1.82, 2.24) is 9.97 Å². The fraction of sp³-hybridized carbons (Fsp3) is 0.321. The molecular weight excluding hydrogens is 474 g/mol. The number of hydrogen-bond donors (Lipinski definition) is 1. The van der Waals surface area contributed by atoms with Gasteiger partial charge in [0.2, 0.25) is 5.91 Å². The molecule has 1 N–H and O–H groups in total. The number of thioether (sulfide) groups is 1. The van der Waals surface area contributed by atoms with Crippen LogP contribution < -0.4 is 10.1 Å². The van der Waals surface area contributed by atoms with Crippen molar-refractivity contribution < 1.29 is 9.53 Å². The van der Waals surface area contributed by atoms with Crippen LogP contribution in [0.4, 0.5) is 5.69 Å². The number of nitrogens with zero attached hydrogens (tertiary/aromatic N) is 2. The molecule has 0 spiro atoms. The number of aromatic nitrogens is 2. The number of ether oxygens (including phenoxy) is 1. The maximum atomic E-state index is 13.0. The van der Waals surface area contributed by atoms with Gasteiger partial charge in [-0.15, -0.1) is 11.3 Å². The van der Waals surface area contributed by atoms with Crippen molar-refractivity contribution in [3.8, 4) is 17.1 Å². The molecule has 2 heterocycles. The van der Waals surface area contributed by atoms with E-state index < -0.39 is 0 Å². The van der Waals surface area contributed by atoms with Gasteiger partial charge in [-0.25, -0.2) is 9.97 Å². The molecule has 35 heavy (non-hydrogen) atoms. The number of thiophene rings is 1. The zero-order chi connectivity index (χ0) is 24.5. The zero-order valence-corrected chi connectivity index (χ0v) is 22.2. The standard InChI is InChI=1S/C28H29N3O2S2/c1-16-13-17(2)25(18(3)14-16)29-23(32)15-34-27-24-21-7-5-6-8-22(21)35-28(24)31-26(30-27)19-9-11-20(33-4)12-10-19/h9-14H,5-8,15H2,1-4H3,(H,29,32). The molecular formula is C28H29N3O2S2. The van der Waals surface area contributed by atoms with Gasteiger partial charge in [0.05, 0.1) is 12.9 Å². The molecule has 0 saturated carbocycles. The number of anilines is 1. The topological polar surface area (TPSA) is 64.1 Å². The number of aryl methyl sites for hydroxylation is 5. The summed E-state index contributed by atoms with van der Waals surface area (Å²) in [7, 11) is 1.66. The molecule has 2 aromatic carbocycles. The van der Waals surface area contributed by atoms with Crippen molar-refractivity contribution in [2.45, 2.75) is 51.5 Å². The van der Waals surface area contributed by atoms with E-state index in [9.17, 15) is 4.79 Å². The summed E-state index contributed by atoms with van der Waals surface area (Å²) < 4.78 is 5.30. The number of carbonyl (C=O) groups excluding carboxylic acids is 1. The second-order valence-electron chi connectivity index (χ2n) is 9.08. The van der Waals surface area contributed by atoms with Crippen LogP contribution >= 0.6 is 23.1 Å². The van der Waals surface area contributed by atoms with Gasteiger partial charge in [-0.2, -0.15) is 0 Å². The Morgan fingerprint density at radius 1 is 1.06 bits per heavy atom. The maximum Gasteiger partial charge on any atom is 0.234 e. The van der Waals surface area contributed by atoms with Crippen molar-refractivity contribution in [3.05, 3.63) is 63.5 Å². The van der Waals surface area contributed by atoms with Crippen LogP contribution in [0.5, 0.6) is 5.75 Å². The Morgan fingerprint density at radius 3 is 2.49 bits per heavy atom. The lowest BCUT2D eigenvalue weighted by Gasteiger charge is -2.14. The molecule has 0 unspecified atom stereocenters. The van der Waals surface area contributed by atoms with E-state index in [1.807, 2.05) is 38.1 Å². The van der Waals surface area contributed by atoms with Crippen LogP contribution in [-0.2, 0) is 17.6 Å². The van der Waals surface area contributed by atoms with E-state index in [0.717, 1.165) is 56.2 Å². The van der Waals surface area contributed by atoms with Crippen LogP contribution in [0.1, 0.15) is 40.0 Å². The Balaban J connectivity index is 1.46. The minimum Gasteiger partial charge on any atom is -0.497 e. The first-order valence-electron chi connectivity index (χ1n) is 11.9. The number of methoxy groups -OCH3 is 1. The summed E-state index contributed by atoms with van der Waals surface area (Å²) in [4.78, 5) is 25.3. The molecule has 0 aliphatic heterocycles. The first-order valence-corrected chi connectivity index (χ1v) is 13.7. The van der Waals surface area contributed by atoms with E-state index in [2.05, 4.69) is 24.4 Å². The van der Waals surface area contributed by atoms with Gasteiger partial charge < -0.3 is 10.1 Å². The van der Waals surface area contributed by atoms with Gasteiger partial charge in [0.1, 0.15) is 15.6 Å². The molecule has 0 atom stereocenters. The lowest BCUT2D eigenvalue weighted by Crippen LogP contribution is -2.16. The van der Waals surface area contributed by atoms with Gasteiger partial charge in [0, 0.05) is 21.5 Å². The monoisotopic (exact) mass is 503 g/mol. The SMILES string of the molecule is COc1ccc(-c2nc(SCC(=O)Nc3c(C)cc(C)cc3C)c3c4c(sc3n2)CCCC4)cc1. The molecule has 1 aliphatic rings. The van der Waals surface area contributed by atoms with E-state index in [-0.39, 0.29) is 5.91 Å². The van der Waals surface area contributed by atoms with Crippen molar-refractivity contribution in [3.63, 3.8) is 0 Å². The molecule has 1 aliphatic carbocycles. The molecule has 180 valence electrons. The first kappa shape index (κ1) is 23.8. The molecule has 4 aromatic rings. The number of amides is 1. The zero-order valence-electron chi connectivity index (χ0n) is 20.5. The highest BCUT2D eigenvalue weighted by atomic mass is 32.2. The number of nitrogens with one attached hydrogen (secondary N) is 1. The molecule has 2 aromatic heterocycles. The van der Waals surface area contributed by atoms with E-state index in [1.165, 1.54) is 40.6 Å². The van der Waals surface area contributed by atoms with Gasteiger partial charge in [0.25, 0.3) is 0 Å². The van der Waals surface area contributed by atoms with Crippen LogP contribution in [0.3, 0.4) is 0 Å². The predicted molar refractivity (Wildman–Crippen MR) is 146 cm³/mol. The fourth-order valence-corrected chi connectivity index (χ4v) is 6.97. The third kappa shape index (κ3) is 4.93. The number of rotatable bonds is 6. The van der Waals surface area contributed by atoms with Gasteiger partial charge in [-0.1, -0.05) is 29.5 Å². The molecule has 0 fully saturated rings. The quantitative estimate of drug-likeness (QED) is 0.229. The highest BCUT2D eigenvalue weighted by Crippen LogP contribution is 2.41. The predicted octanol–water partition coefficient (Wildman–Crippen LogP) is 6.90. The minimum absolute atomic E-state index is 0.0214. The number of hydrogen-bond acceptors (Lipinski definition) is 6. The third-order valence-corrected chi connectivity index (χ3v) is 8.57. The lowest BCUT2D eigenvalue weighted by atomic mass is 9.97. The van der Waals surface area contributed by atoms with Crippen LogP contribution in [-0.4, -0.2) is 28.7 Å². The van der Waals surface area contributed by atoms with Crippen LogP contribution in [0.2, 0.25) is 0 Å². The summed E-state index contributed by atoms with van der Waals surface area (Å²) in [6.45, 7) is 6.15. The summed E-state index contributed by atoms with van der Waals surface area (Å²) in [5.74, 6) is 1.76. The summed E-state index contributed by atoms with van der Waals surface area (Å²) in [5.41, 5.74) is 6.59. The Labute approximate surface area is 214 Å². The fourth-order valence-electron chi connectivity index (χ4n) is 4.78. The van der Waals surface area contributed by atoms with Crippen molar-refractivity contribution >= 4 is 44.9 Å². The Morgan fingerprint density at radius 2 is 1.77 bits per heavy atom. The third-order valence-electron chi connectivity index (χ3n) is 6.41. The maximum absolute atomic E-state index is 13.0. The highest BCUT2D eigenvalue weighted by molar-refractivity contribution is 8.00. The number of fused-ring (bicyclic) bond motifs is 3. The summed E-state index contributed by atoms with van der Waals surface area (Å²) in [6.07, 6.45) is 4.57. The smallest absolute Gasteiger partial charge is 0.234 e. The Kier molecular flexibility index (Phi) is 6.80. The molecule has 0 radical (unpaired) electrons. The van der Waals surface area contributed by atoms with Crippen molar-refractivity contribution in [2.75, 3.05) is 18.2 Å². The van der Waals surface area contributed by atoms with Crippen molar-refractivity contribution in [2.24, 2.45) is 0 Å². The molecule has 0 bridgehead atoms. The van der Waals surface area contributed by atoms with Gasteiger partial charge in [-0.05, 0) is 87.4 Å². The summed E-state index contributed by atoms with van der Waals surface area (Å²) in [5, 5.41) is 5.16. The van der Waals surface area contributed by atoms with E-state index in [0.29, 0.717) is 11.6 Å². The lowest BCUT2D eigenvalue weighted by molar-refractivity contribution is -0.113. The average Bonchev–Trinajstić information content (AvgIpc) is 3.23. The van der Waals surface area contributed by atoms with Crippen LogP contribution in [0, 0.1) is 20.8 Å². The van der Waals surface area contributed by atoms with E-state index in [1.54, 1.807) is 18.4 Å². The molecule has 0 saturated heterocycles. The molecule has 1 amide bonds. The highest BCUT2D eigenvalue weighted by Gasteiger charge is 2.22. The van der Waals surface area contributed by atoms with Crippen LogP contribution in [0.15, 0.2) is 41.4 Å². The number of carbonyl (C=O) groups is 1. The first-order chi connectivity index (χ1) is 16.9. The van der Waals surface area contributed by atoms with Gasteiger partial charge in [0.15, 0.2) is 5.82 Å². The largest absolute Gasteiger partial charge is 0.497 e. The summed E-state index contributed by atoms with van der Waals surface area (Å²) >= 11 is 3.29.